The molecule has 0 aliphatic heterocycles. The van der Waals surface area contributed by atoms with Gasteiger partial charge in [0.25, 0.3) is 0 Å². The smallest absolute Gasteiger partial charge is 0.119 e. The van der Waals surface area contributed by atoms with Crippen molar-refractivity contribution < 1.29 is 4.74 Å². The summed E-state index contributed by atoms with van der Waals surface area (Å²) in [5, 5.41) is 1.01. The van der Waals surface area contributed by atoms with Gasteiger partial charge in [0, 0.05) is 11.2 Å². The molecule has 1 rings (SSSR count). The fourth-order valence-electron chi connectivity index (χ4n) is 1.12. The van der Waals surface area contributed by atoms with Crippen molar-refractivity contribution in [3.05, 3.63) is 29.8 Å². The van der Waals surface area contributed by atoms with Crippen molar-refractivity contribution in [3.63, 3.8) is 0 Å². The molecule has 0 saturated heterocycles. The number of aryl methyl sites for hydroxylation is 1. The molecule has 0 fully saturated rings. The lowest BCUT2D eigenvalue weighted by Crippen LogP contribution is -2.12. The van der Waals surface area contributed by atoms with E-state index in [1.807, 2.05) is 12.1 Å². The lowest BCUT2D eigenvalue weighted by Gasteiger charge is -2.12. The third-order valence-corrected chi connectivity index (χ3v) is 3.22. The quantitative estimate of drug-likeness (QED) is 0.729. The van der Waals surface area contributed by atoms with Crippen LogP contribution in [0.4, 0.5) is 0 Å². The van der Waals surface area contributed by atoms with E-state index in [1.54, 1.807) is 0 Å². The van der Waals surface area contributed by atoms with Crippen LogP contribution in [0.3, 0.4) is 0 Å². The van der Waals surface area contributed by atoms with Gasteiger partial charge in [-0.2, -0.15) is 0 Å². The van der Waals surface area contributed by atoms with Crippen molar-refractivity contribution in [1.29, 1.82) is 0 Å². The summed E-state index contributed by atoms with van der Waals surface area (Å²) in [7, 11) is 0. The first-order valence-electron chi connectivity index (χ1n) is 5.01. The van der Waals surface area contributed by atoms with E-state index in [1.165, 1.54) is 5.56 Å². The van der Waals surface area contributed by atoms with Gasteiger partial charge in [-0.05, 0) is 25.5 Å². The van der Waals surface area contributed by atoms with Crippen LogP contribution in [0.5, 0.6) is 5.75 Å². The Morgan fingerprint density at radius 3 is 2.43 bits per heavy atom. The van der Waals surface area contributed by atoms with E-state index in [2.05, 4.69) is 41.9 Å². The highest BCUT2D eigenvalue weighted by Gasteiger charge is 2.04. The fraction of sp³-hybridized carbons (Fsp3) is 0.500. The Labute approximate surface area is 94.6 Å². The maximum Gasteiger partial charge on any atom is 0.119 e. The van der Waals surface area contributed by atoms with Crippen molar-refractivity contribution >= 4 is 15.9 Å². The minimum absolute atomic E-state index is 0.608. The normalized spacial score (nSPS) is 12.5. The summed E-state index contributed by atoms with van der Waals surface area (Å²) in [5.74, 6) is 1.58. The molecule has 0 radical (unpaired) electrons. The molecule has 1 aromatic rings. The maximum atomic E-state index is 5.67. The van der Waals surface area contributed by atoms with E-state index < -0.39 is 0 Å². The Morgan fingerprint density at radius 1 is 1.29 bits per heavy atom. The van der Waals surface area contributed by atoms with Crippen LogP contribution in [-0.4, -0.2) is 11.9 Å². The van der Waals surface area contributed by atoms with Gasteiger partial charge in [0.2, 0.25) is 0 Å². The molecule has 0 amide bonds. The van der Waals surface area contributed by atoms with Gasteiger partial charge in [-0.1, -0.05) is 40.5 Å². The molecule has 0 spiro atoms. The van der Waals surface area contributed by atoms with Gasteiger partial charge in [-0.25, -0.2) is 0 Å². The van der Waals surface area contributed by atoms with Crippen molar-refractivity contribution in [1.82, 2.24) is 0 Å². The van der Waals surface area contributed by atoms with E-state index in [9.17, 15) is 0 Å². The van der Waals surface area contributed by atoms with E-state index >= 15 is 0 Å². The first kappa shape index (κ1) is 11.6. The molecule has 1 unspecified atom stereocenters. The Bertz CT molecular complexity index is 252. The largest absolute Gasteiger partial charge is 0.493 e. The molecule has 14 heavy (non-hydrogen) atoms. The van der Waals surface area contributed by atoms with Crippen molar-refractivity contribution in [2.24, 2.45) is 5.92 Å². The summed E-state index contributed by atoms with van der Waals surface area (Å²) in [6.45, 7) is 5.06. The molecular formula is C12H17BrO. The van der Waals surface area contributed by atoms with Crippen LogP contribution in [0.25, 0.3) is 0 Å². The lowest BCUT2D eigenvalue weighted by molar-refractivity contribution is 0.260. The fourth-order valence-corrected chi connectivity index (χ4v) is 1.76. The standard InChI is InChI=1S/C12H17BrO/c1-3-11(8-13)9-14-12-6-4-10(2)5-7-12/h4-7,11H,3,8-9H2,1-2H3. The molecule has 0 aliphatic carbocycles. The van der Waals surface area contributed by atoms with E-state index in [0.29, 0.717) is 5.92 Å². The minimum atomic E-state index is 0.608. The van der Waals surface area contributed by atoms with Crippen LogP contribution in [0.1, 0.15) is 18.9 Å². The minimum Gasteiger partial charge on any atom is -0.493 e. The summed E-state index contributed by atoms with van der Waals surface area (Å²) >= 11 is 3.48. The molecule has 78 valence electrons. The highest BCUT2D eigenvalue weighted by Crippen LogP contribution is 2.14. The number of hydrogen-bond donors (Lipinski definition) is 0. The zero-order chi connectivity index (χ0) is 10.4. The Kier molecular flexibility index (Phi) is 5.02. The number of ether oxygens (including phenoxy) is 1. The zero-order valence-electron chi connectivity index (χ0n) is 8.79. The van der Waals surface area contributed by atoms with Gasteiger partial charge in [0.15, 0.2) is 0 Å². The Hall–Kier alpha value is -0.500. The van der Waals surface area contributed by atoms with E-state index in [4.69, 9.17) is 4.74 Å². The van der Waals surface area contributed by atoms with Crippen molar-refractivity contribution in [2.45, 2.75) is 20.3 Å². The maximum absolute atomic E-state index is 5.67. The van der Waals surface area contributed by atoms with Gasteiger partial charge in [0.05, 0.1) is 6.61 Å². The molecule has 0 bridgehead atoms. The Balaban J connectivity index is 2.41. The van der Waals surface area contributed by atoms with Crippen molar-refractivity contribution in [3.8, 4) is 5.75 Å². The second-order valence-corrected chi connectivity index (χ2v) is 4.20. The summed E-state index contributed by atoms with van der Waals surface area (Å²) < 4.78 is 5.67. The van der Waals surface area contributed by atoms with Gasteiger partial charge >= 0.3 is 0 Å². The van der Waals surface area contributed by atoms with Gasteiger partial charge < -0.3 is 4.74 Å². The third kappa shape index (κ3) is 3.70. The number of alkyl halides is 1. The van der Waals surface area contributed by atoms with Crippen LogP contribution in [0.2, 0.25) is 0 Å². The summed E-state index contributed by atoms with van der Waals surface area (Å²) in [6.07, 6.45) is 1.15. The monoisotopic (exact) mass is 256 g/mol. The van der Waals surface area contributed by atoms with Gasteiger partial charge in [-0.3, -0.25) is 0 Å². The van der Waals surface area contributed by atoms with Crippen LogP contribution in [-0.2, 0) is 0 Å². The first-order valence-corrected chi connectivity index (χ1v) is 6.13. The molecule has 0 N–H and O–H groups in total. The van der Waals surface area contributed by atoms with Gasteiger partial charge in [0.1, 0.15) is 5.75 Å². The predicted octanol–water partition coefficient (Wildman–Crippen LogP) is 3.79. The molecular weight excluding hydrogens is 240 g/mol. The Morgan fingerprint density at radius 2 is 1.93 bits per heavy atom. The highest BCUT2D eigenvalue weighted by molar-refractivity contribution is 9.09. The van der Waals surface area contributed by atoms with E-state index in [0.717, 1.165) is 24.1 Å². The predicted molar refractivity (Wildman–Crippen MR) is 64.2 cm³/mol. The number of benzene rings is 1. The molecule has 0 heterocycles. The molecule has 1 nitrogen and oxygen atoms in total. The molecule has 0 saturated carbocycles. The molecule has 0 aliphatic rings. The number of hydrogen-bond acceptors (Lipinski definition) is 1. The number of rotatable bonds is 5. The van der Waals surface area contributed by atoms with Crippen LogP contribution in [0, 0.1) is 12.8 Å². The first-order chi connectivity index (χ1) is 6.76. The molecule has 1 aromatic carbocycles. The third-order valence-electron chi connectivity index (χ3n) is 2.30. The van der Waals surface area contributed by atoms with Crippen LogP contribution in [0.15, 0.2) is 24.3 Å². The second-order valence-electron chi connectivity index (χ2n) is 3.55. The molecule has 2 heteroatoms. The van der Waals surface area contributed by atoms with Crippen LogP contribution >= 0.6 is 15.9 Å². The molecule has 1 atom stereocenters. The number of halogens is 1. The summed E-state index contributed by atoms with van der Waals surface area (Å²) in [5.41, 5.74) is 1.27. The highest BCUT2D eigenvalue weighted by atomic mass is 79.9. The average Bonchev–Trinajstić information content (AvgIpc) is 2.22. The van der Waals surface area contributed by atoms with Crippen molar-refractivity contribution in [2.75, 3.05) is 11.9 Å². The van der Waals surface area contributed by atoms with E-state index in [-0.39, 0.29) is 0 Å². The summed E-state index contributed by atoms with van der Waals surface area (Å²) in [4.78, 5) is 0. The molecule has 0 aromatic heterocycles. The summed E-state index contributed by atoms with van der Waals surface area (Å²) in [6, 6.07) is 8.20. The lowest BCUT2D eigenvalue weighted by atomic mass is 10.1. The van der Waals surface area contributed by atoms with Crippen LogP contribution < -0.4 is 4.74 Å². The second kappa shape index (κ2) is 6.07. The topological polar surface area (TPSA) is 9.23 Å². The SMILES string of the molecule is CCC(CBr)COc1ccc(C)cc1. The average molecular weight is 257 g/mol. The zero-order valence-corrected chi connectivity index (χ0v) is 10.4. The van der Waals surface area contributed by atoms with Gasteiger partial charge in [-0.15, -0.1) is 0 Å².